The van der Waals surface area contributed by atoms with E-state index in [1.807, 2.05) is 11.8 Å². The number of hydrogen-bond acceptors (Lipinski definition) is 3. The summed E-state index contributed by atoms with van der Waals surface area (Å²) in [6, 6.07) is 9.19. The molecule has 1 fully saturated rings. The average Bonchev–Trinajstić information content (AvgIpc) is 2.76. The van der Waals surface area contributed by atoms with Gasteiger partial charge in [0, 0.05) is 29.3 Å². The molecule has 2 aliphatic rings. The van der Waals surface area contributed by atoms with Crippen LogP contribution in [0.3, 0.4) is 0 Å². The van der Waals surface area contributed by atoms with Crippen molar-refractivity contribution in [2.45, 2.75) is 36.0 Å². The number of nitrogens with zero attached hydrogens (tertiary/aromatic N) is 1. The zero-order valence-electron chi connectivity index (χ0n) is 11.0. The Labute approximate surface area is 114 Å². The van der Waals surface area contributed by atoms with Crippen LogP contribution < -0.4 is 5.73 Å². The van der Waals surface area contributed by atoms with Gasteiger partial charge in [-0.3, -0.25) is 0 Å². The summed E-state index contributed by atoms with van der Waals surface area (Å²) in [5.74, 6) is 0.690. The maximum atomic E-state index is 6.18. The zero-order valence-corrected chi connectivity index (χ0v) is 11.8. The molecule has 3 heteroatoms. The molecule has 2 nitrogen and oxygen atoms in total. The Hall–Kier alpha value is -0.510. The van der Waals surface area contributed by atoms with Crippen molar-refractivity contribution in [1.29, 1.82) is 0 Å². The van der Waals surface area contributed by atoms with Crippen LogP contribution >= 0.6 is 11.8 Å². The van der Waals surface area contributed by atoms with Crippen LogP contribution in [-0.4, -0.2) is 35.8 Å². The molecule has 2 aliphatic heterocycles. The minimum atomic E-state index is 0.368. The van der Waals surface area contributed by atoms with Crippen LogP contribution in [0.4, 0.5) is 0 Å². The Bertz CT molecular complexity index is 396. The first-order valence-electron chi connectivity index (χ1n) is 6.95. The van der Waals surface area contributed by atoms with Gasteiger partial charge in [0.1, 0.15) is 0 Å². The van der Waals surface area contributed by atoms with E-state index < -0.39 is 0 Å². The summed E-state index contributed by atoms with van der Waals surface area (Å²) in [4.78, 5) is 4.05. The second kappa shape index (κ2) is 5.24. The summed E-state index contributed by atoms with van der Waals surface area (Å²) in [6.07, 6.45) is 2.48. The molecule has 1 saturated heterocycles. The number of nitrogens with two attached hydrogens (primary N) is 1. The number of likely N-dealkylation sites (tertiary alicyclic amines) is 1. The molecule has 0 aliphatic carbocycles. The van der Waals surface area contributed by atoms with Gasteiger partial charge in [-0.25, -0.2) is 0 Å². The molecule has 2 N–H and O–H groups in total. The largest absolute Gasteiger partial charge is 0.326 e. The summed E-state index contributed by atoms with van der Waals surface area (Å²) in [6.45, 7) is 5.78. The third-order valence-electron chi connectivity index (χ3n) is 4.28. The zero-order chi connectivity index (χ0) is 12.5. The molecule has 18 heavy (non-hydrogen) atoms. The van der Waals surface area contributed by atoms with Crippen molar-refractivity contribution in [3.8, 4) is 0 Å². The topological polar surface area (TPSA) is 29.3 Å². The number of rotatable bonds is 2. The van der Waals surface area contributed by atoms with Crippen molar-refractivity contribution in [2.24, 2.45) is 11.7 Å². The van der Waals surface area contributed by atoms with Crippen LogP contribution in [0.25, 0.3) is 0 Å². The lowest BCUT2D eigenvalue weighted by Crippen LogP contribution is -2.49. The molecular formula is C15H22N2S. The lowest BCUT2D eigenvalue weighted by atomic mass is 9.94. The standard InChI is InChI=1S/C15H22N2S/c1-11-6-7-17(10-14(11)16)9-13-8-12-4-2-3-5-15(12)18-13/h2-5,11,13-14H,6-10,16H2,1H3. The first-order valence-corrected chi connectivity index (χ1v) is 7.83. The van der Waals surface area contributed by atoms with E-state index in [2.05, 4.69) is 36.1 Å². The molecule has 1 aromatic carbocycles. The van der Waals surface area contributed by atoms with Gasteiger partial charge in [0.2, 0.25) is 0 Å². The smallest absolute Gasteiger partial charge is 0.0263 e. The van der Waals surface area contributed by atoms with Crippen LogP contribution in [-0.2, 0) is 6.42 Å². The lowest BCUT2D eigenvalue weighted by Gasteiger charge is -2.36. The van der Waals surface area contributed by atoms with E-state index >= 15 is 0 Å². The van der Waals surface area contributed by atoms with Crippen LogP contribution in [0.1, 0.15) is 18.9 Å². The van der Waals surface area contributed by atoms with Crippen LogP contribution in [0.2, 0.25) is 0 Å². The second-order valence-corrected chi connectivity index (χ2v) is 7.08. The second-order valence-electron chi connectivity index (χ2n) is 5.74. The predicted octanol–water partition coefficient (Wildman–Crippen LogP) is 2.37. The van der Waals surface area contributed by atoms with E-state index in [0.717, 1.165) is 11.8 Å². The molecule has 1 aromatic rings. The number of benzene rings is 1. The summed E-state index contributed by atoms with van der Waals surface area (Å²) in [5.41, 5.74) is 7.71. The Kier molecular flexibility index (Phi) is 3.64. The minimum absolute atomic E-state index is 0.368. The van der Waals surface area contributed by atoms with Crippen molar-refractivity contribution in [1.82, 2.24) is 4.90 Å². The highest BCUT2D eigenvalue weighted by molar-refractivity contribution is 8.00. The first kappa shape index (κ1) is 12.5. The van der Waals surface area contributed by atoms with Crippen LogP contribution in [0.5, 0.6) is 0 Å². The molecule has 98 valence electrons. The van der Waals surface area contributed by atoms with Gasteiger partial charge < -0.3 is 10.6 Å². The quantitative estimate of drug-likeness (QED) is 0.887. The first-order chi connectivity index (χ1) is 8.72. The Morgan fingerprint density at radius 2 is 2.22 bits per heavy atom. The molecule has 0 saturated carbocycles. The summed E-state index contributed by atoms with van der Waals surface area (Å²) in [7, 11) is 0. The Morgan fingerprint density at radius 1 is 1.39 bits per heavy atom. The highest BCUT2D eigenvalue weighted by Gasteiger charge is 2.28. The van der Waals surface area contributed by atoms with Gasteiger partial charge in [0.15, 0.2) is 0 Å². The summed E-state index contributed by atoms with van der Waals surface area (Å²) >= 11 is 2.05. The molecule has 3 rings (SSSR count). The fourth-order valence-corrected chi connectivity index (χ4v) is 4.35. The molecule has 0 amide bonds. The van der Waals surface area contributed by atoms with E-state index in [0.29, 0.717) is 12.0 Å². The normalized spacial score (nSPS) is 32.4. The van der Waals surface area contributed by atoms with E-state index in [4.69, 9.17) is 5.73 Å². The van der Waals surface area contributed by atoms with E-state index in [9.17, 15) is 0 Å². The molecule has 0 bridgehead atoms. The number of piperidine rings is 1. The highest BCUT2D eigenvalue weighted by atomic mass is 32.2. The van der Waals surface area contributed by atoms with Crippen LogP contribution in [0.15, 0.2) is 29.2 Å². The van der Waals surface area contributed by atoms with Crippen LogP contribution in [0, 0.1) is 5.92 Å². The number of hydrogen-bond donors (Lipinski definition) is 1. The van der Waals surface area contributed by atoms with Crippen molar-refractivity contribution in [3.05, 3.63) is 29.8 Å². The summed E-state index contributed by atoms with van der Waals surface area (Å²) < 4.78 is 0. The van der Waals surface area contributed by atoms with Crippen molar-refractivity contribution in [2.75, 3.05) is 19.6 Å². The monoisotopic (exact) mass is 262 g/mol. The van der Waals surface area contributed by atoms with Crippen molar-refractivity contribution in [3.63, 3.8) is 0 Å². The fourth-order valence-electron chi connectivity index (χ4n) is 2.98. The number of thioether (sulfide) groups is 1. The molecule has 0 spiro atoms. The van der Waals surface area contributed by atoms with Gasteiger partial charge in [-0.2, -0.15) is 0 Å². The third kappa shape index (κ3) is 2.58. The molecule has 0 aromatic heterocycles. The van der Waals surface area contributed by atoms with Gasteiger partial charge in [0.05, 0.1) is 0 Å². The van der Waals surface area contributed by atoms with Gasteiger partial charge in [-0.1, -0.05) is 25.1 Å². The molecule has 2 heterocycles. The molecule has 3 atom stereocenters. The van der Waals surface area contributed by atoms with E-state index in [1.165, 1.54) is 36.4 Å². The highest BCUT2D eigenvalue weighted by Crippen LogP contribution is 2.37. The van der Waals surface area contributed by atoms with Gasteiger partial charge >= 0.3 is 0 Å². The van der Waals surface area contributed by atoms with Crippen molar-refractivity contribution < 1.29 is 0 Å². The summed E-state index contributed by atoms with van der Waals surface area (Å²) in [5, 5.41) is 0.725. The average molecular weight is 262 g/mol. The number of fused-ring (bicyclic) bond motifs is 1. The molecule has 3 unspecified atom stereocenters. The minimum Gasteiger partial charge on any atom is -0.326 e. The van der Waals surface area contributed by atoms with Gasteiger partial charge in [0.25, 0.3) is 0 Å². The maximum absolute atomic E-state index is 6.18. The molecular weight excluding hydrogens is 240 g/mol. The maximum Gasteiger partial charge on any atom is 0.0263 e. The third-order valence-corrected chi connectivity index (χ3v) is 5.58. The molecule has 0 radical (unpaired) electrons. The fraction of sp³-hybridized carbons (Fsp3) is 0.600. The Morgan fingerprint density at radius 3 is 3.00 bits per heavy atom. The lowest BCUT2D eigenvalue weighted by molar-refractivity contribution is 0.170. The van der Waals surface area contributed by atoms with Gasteiger partial charge in [-0.15, -0.1) is 11.8 Å². The van der Waals surface area contributed by atoms with E-state index in [1.54, 1.807) is 0 Å². The Balaban J connectivity index is 1.57. The predicted molar refractivity (Wildman–Crippen MR) is 78.0 cm³/mol. The van der Waals surface area contributed by atoms with Crippen molar-refractivity contribution >= 4 is 11.8 Å². The van der Waals surface area contributed by atoms with E-state index in [-0.39, 0.29) is 0 Å². The SMILES string of the molecule is CC1CCN(CC2Cc3ccccc3S2)CC1N. The van der Waals surface area contributed by atoms with Gasteiger partial charge in [-0.05, 0) is 36.9 Å².